The lowest BCUT2D eigenvalue weighted by Gasteiger charge is -2.30. The first-order valence-corrected chi connectivity index (χ1v) is 8.89. The van der Waals surface area contributed by atoms with Gasteiger partial charge in [0.05, 0.1) is 5.56 Å². The lowest BCUT2D eigenvalue weighted by Crippen LogP contribution is -2.32. The smallest absolute Gasteiger partial charge is 0.404 e. The second-order valence-corrected chi connectivity index (χ2v) is 6.68. The summed E-state index contributed by atoms with van der Waals surface area (Å²) in [4.78, 5) is 14.4. The highest BCUT2D eigenvalue weighted by Crippen LogP contribution is 2.26. The Morgan fingerprint density at radius 1 is 1.34 bits per heavy atom. The van der Waals surface area contributed by atoms with Crippen LogP contribution in [0.4, 0.5) is 19.0 Å². The maximum absolute atomic E-state index is 12.3. The minimum absolute atomic E-state index is 0.370. The molecule has 0 aliphatic carbocycles. The van der Waals surface area contributed by atoms with Gasteiger partial charge in [0.2, 0.25) is 0 Å². The quantitative estimate of drug-likeness (QED) is 0.796. The van der Waals surface area contributed by atoms with Crippen molar-refractivity contribution in [3.8, 4) is 6.07 Å². The fourth-order valence-corrected chi connectivity index (χ4v) is 3.19. The monoisotopic (exact) mass is 400 g/mol. The van der Waals surface area contributed by atoms with Crippen molar-refractivity contribution in [2.45, 2.75) is 26.1 Å². The van der Waals surface area contributed by atoms with Crippen LogP contribution in [0.1, 0.15) is 27.9 Å². The highest BCUT2D eigenvalue weighted by Gasteiger charge is 2.26. The molecule has 0 saturated heterocycles. The maximum atomic E-state index is 12.3. The number of aryl methyl sites for hydroxylation is 1. The fraction of sp³-hybridized carbons (Fsp3) is 0.300. The molecule has 0 atom stereocenters. The largest absolute Gasteiger partial charge is 0.407 e. The van der Waals surface area contributed by atoms with E-state index >= 15 is 0 Å². The van der Waals surface area contributed by atoms with E-state index in [1.807, 2.05) is 13.0 Å². The minimum Gasteiger partial charge on any atom is -0.404 e. The first-order valence-electron chi connectivity index (χ1n) is 8.89. The molecule has 2 N–H and O–H groups in total. The molecule has 9 heteroatoms. The van der Waals surface area contributed by atoms with Crippen LogP contribution in [-0.4, -0.2) is 35.4 Å². The molecule has 2 aromatic heterocycles. The number of alkyl halides is 3. The number of nitriles is 1. The van der Waals surface area contributed by atoms with E-state index in [9.17, 15) is 13.2 Å². The van der Waals surface area contributed by atoms with E-state index in [2.05, 4.69) is 25.9 Å². The molecule has 3 rings (SSSR count). The van der Waals surface area contributed by atoms with Crippen LogP contribution < -0.4 is 10.6 Å². The van der Waals surface area contributed by atoms with Gasteiger partial charge in [-0.15, -0.1) is 0 Å². The number of aliphatic imine (C=N–C) groups is 1. The Morgan fingerprint density at radius 3 is 2.79 bits per heavy atom. The number of aromatic nitrogens is 2. The summed E-state index contributed by atoms with van der Waals surface area (Å²) in [6.07, 6.45) is 1.81. The molecule has 29 heavy (non-hydrogen) atoms. The molecule has 0 amide bonds. The van der Waals surface area contributed by atoms with Crippen molar-refractivity contribution in [3.63, 3.8) is 0 Å². The van der Waals surface area contributed by atoms with Crippen LogP contribution >= 0.6 is 0 Å². The van der Waals surface area contributed by atoms with Crippen LogP contribution in [0, 0.1) is 18.3 Å². The van der Waals surface area contributed by atoms with Crippen LogP contribution in [0.15, 0.2) is 35.7 Å². The maximum Gasteiger partial charge on any atom is 0.407 e. The van der Waals surface area contributed by atoms with Crippen molar-refractivity contribution in [2.24, 2.45) is 10.7 Å². The number of allylic oxidation sites excluding steroid dienone is 1. The van der Waals surface area contributed by atoms with Crippen LogP contribution in [0.2, 0.25) is 0 Å². The summed E-state index contributed by atoms with van der Waals surface area (Å²) in [7, 11) is 0. The number of fused-ring (bicyclic) bond motifs is 1. The van der Waals surface area contributed by atoms with E-state index in [0.717, 1.165) is 35.4 Å². The van der Waals surface area contributed by atoms with Gasteiger partial charge in [-0.1, -0.05) is 0 Å². The number of halogens is 3. The molecule has 0 saturated carbocycles. The van der Waals surface area contributed by atoms with Crippen molar-refractivity contribution in [3.05, 3.63) is 58.7 Å². The van der Waals surface area contributed by atoms with Crippen molar-refractivity contribution >= 4 is 17.6 Å². The number of rotatable bonds is 4. The van der Waals surface area contributed by atoms with Gasteiger partial charge in [-0.2, -0.15) is 18.4 Å². The Hall–Kier alpha value is -3.41. The zero-order chi connectivity index (χ0) is 21.0. The Kier molecular flexibility index (Phi) is 5.82. The third-order valence-electron chi connectivity index (χ3n) is 4.53. The van der Waals surface area contributed by atoms with Gasteiger partial charge >= 0.3 is 6.18 Å². The van der Waals surface area contributed by atoms with Gasteiger partial charge in [-0.05, 0) is 30.2 Å². The number of nitrogens with two attached hydrogens (primary N) is 1. The number of hydrogen-bond donors (Lipinski definition) is 1. The van der Waals surface area contributed by atoms with E-state index in [1.54, 1.807) is 18.5 Å². The summed E-state index contributed by atoms with van der Waals surface area (Å²) in [5.41, 5.74) is 9.84. The van der Waals surface area contributed by atoms with E-state index in [0.29, 0.717) is 29.7 Å². The highest BCUT2D eigenvalue weighted by molar-refractivity contribution is 6.09. The lowest BCUT2D eigenvalue weighted by atomic mass is 10.0. The molecule has 3 heterocycles. The third-order valence-corrected chi connectivity index (χ3v) is 4.53. The van der Waals surface area contributed by atoms with Crippen molar-refractivity contribution in [1.29, 1.82) is 5.26 Å². The summed E-state index contributed by atoms with van der Waals surface area (Å²) in [6, 6.07) is 5.73. The normalized spacial score (nSPS) is 14.7. The number of hydrogen-bond acceptors (Lipinski definition) is 6. The second kappa shape index (κ2) is 8.31. The van der Waals surface area contributed by atoms with Gasteiger partial charge in [-0.25, -0.2) is 4.98 Å². The summed E-state index contributed by atoms with van der Waals surface area (Å²) in [6.45, 7) is 1.92. The summed E-state index contributed by atoms with van der Waals surface area (Å²) >= 11 is 0. The standard InChI is InChI=1S/C20H19F3N6/c1-13-4-14(6-24)8-28-19(13)29-3-2-18-16(11-29)5-15(10-27-18)17(7-25)9-26-12-20(21,22)23/h4-5,7-10H,2-3,11-12,25H2,1H3/b17-7+,26-9?. The summed E-state index contributed by atoms with van der Waals surface area (Å²) in [5.74, 6) is 0.793. The molecule has 0 radical (unpaired) electrons. The molecular formula is C20H19F3N6. The van der Waals surface area contributed by atoms with Gasteiger partial charge in [0.25, 0.3) is 0 Å². The number of nitrogens with zero attached hydrogens (tertiary/aromatic N) is 5. The Bertz CT molecular complexity index is 1000. The molecule has 1 aliphatic rings. The van der Waals surface area contributed by atoms with Crippen LogP contribution in [0.25, 0.3) is 5.57 Å². The Morgan fingerprint density at radius 2 is 2.14 bits per heavy atom. The van der Waals surface area contributed by atoms with Crippen LogP contribution in [-0.2, 0) is 13.0 Å². The van der Waals surface area contributed by atoms with E-state index in [4.69, 9.17) is 11.0 Å². The molecule has 0 aromatic carbocycles. The van der Waals surface area contributed by atoms with E-state index in [-0.39, 0.29) is 0 Å². The number of pyridine rings is 2. The minimum atomic E-state index is -4.36. The highest BCUT2D eigenvalue weighted by atomic mass is 19.4. The van der Waals surface area contributed by atoms with Crippen molar-refractivity contribution in [1.82, 2.24) is 9.97 Å². The SMILES string of the molecule is Cc1cc(C#N)cnc1N1CCc2ncc(/C(C=NCC(F)(F)F)=C/N)cc2C1. The third kappa shape index (κ3) is 4.90. The van der Waals surface area contributed by atoms with E-state index in [1.165, 1.54) is 6.20 Å². The molecule has 0 spiro atoms. The van der Waals surface area contributed by atoms with Gasteiger partial charge in [0, 0.05) is 61.1 Å². The van der Waals surface area contributed by atoms with Gasteiger partial charge < -0.3 is 10.6 Å². The predicted molar refractivity (Wildman–Crippen MR) is 104 cm³/mol. The Labute approximate surface area is 166 Å². The fourth-order valence-electron chi connectivity index (χ4n) is 3.19. The molecular weight excluding hydrogens is 381 g/mol. The molecule has 0 unspecified atom stereocenters. The zero-order valence-electron chi connectivity index (χ0n) is 15.7. The molecule has 0 bridgehead atoms. The van der Waals surface area contributed by atoms with Crippen LogP contribution in [0.3, 0.4) is 0 Å². The molecule has 1 aliphatic heterocycles. The topological polar surface area (TPSA) is 91.2 Å². The summed E-state index contributed by atoms with van der Waals surface area (Å²) in [5, 5.41) is 9.01. The zero-order valence-corrected chi connectivity index (χ0v) is 15.7. The molecule has 6 nitrogen and oxygen atoms in total. The number of anilines is 1. The molecule has 2 aromatic rings. The van der Waals surface area contributed by atoms with Crippen molar-refractivity contribution < 1.29 is 13.2 Å². The lowest BCUT2D eigenvalue weighted by molar-refractivity contribution is -0.118. The summed E-state index contributed by atoms with van der Waals surface area (Å²) < 4.78 is 36.9. The van der Waals surface area contributed by atoms with Gasteiger partial charge in [-0.3, -0.25) is 9.98 Å². The average molecular weight is 400 g/mol. The second-order valence-electron chi connectivity index (χ2n) is 6.68. The molecule has 0 fully saturated rings. The predicted octanol–water partition coefficient (Wildman–Crippen LogP) is 3.15. The first-order chi connectivity index (χ1) is 13.8. The van der Waals surface area contributed by atoms with Crippen LogP contribution in [0.5, 0.6) is 0 Å². The van der Waals surface area contributed by atoms with Crippen molar-refractivity contribution in [2.75, 3.05) is 18.0 Å². The van der Waals surface area contributed by atoms with Gasteiger partial charge in [0.15, 0.2) is 0 Å². The first kappa shape index (κ1) is 20.3. The van der Waals surface area contributed by atoms with Gasteiger partial charge in [0.1, 0.15) is 18.4 Å². The average Bonchev–Trinajstić information content (AvgIpc) is 2.69. The van der Waals surface area contributed by atoms with E-state index < -0.39 is 12.7 Å². The Balaban J connectivity index is 1.83. The molecule has 150 valence electrons.